The van der Waals surface area contributed by atoms with Crippen LogP contribution in [0.2, 0.25) is 0 Å². The second kappa shape index (κ2) is 11.1. The summed E-state index contributed by atoms with van der Waals surface area (Å²) in [4.78, 5) is 7.51. The van der Waals surface area contributed by atoms with Crippen molar-refractivity contribution in [3.63, 3.8) is 0 Å². The summed E-state index contributed by atoms with van der Waals surface area (Å²) in [5.41, 5.74) is 3.37. The lowest BCUT2D eigenvalue weighted by atomic mass is 10.00. The Morgan fingerprint density at radius 2 is 2.13 bits per heavy atom. The largest absolute Gasteiger partial charge is 0.390 e. The van der Waals surface area contributed by atoms with E-state index in [2.05, 4.69) is 11.7 Å². The second-order valence-electron chi connectivity index (χ2n) is 7.69. The van der Waals surface area contributed by atoms with Gasteiger partial charge in [0.25, 0.3) is 0 Å². The van der Waals surface area contributed by atoms with E-state index in [4.69, 9.17) is 9.57 Å². The molecule has 2 aromatic rings. The molecular formula is C24H28F2N2O3. The maximum Gasteiger partial charge on any atom is 0.145 e. The van der Waals surface area contributed by atoms with Gasteiger partial charge >= 0.3 is 0 Å². The van der Waals surface area contributed by atoms with E-state index in [9.17, 15) is 13.9 Å². The number of rotatable bonds is 11. The van der Waals surface area contributed by atoms with Crippen molar-refractivity contribution in [1.29, 1.82) is 0 Å². The lowest BCUT2D eigenvalue weighted by Crippen LogP contribution is -2.39. The number of hydrogen-bond donors (Lipinski definition) is 1. The minimum atomic E-state index is -0.776. The van der Waals surface area contributed by atoms with Gasteiger partial charge in [-0.05, 0) is 18.6 Å². The van der Waals surface area contributed by atoms with Gasteiger partial charge in [-0.25, -0.2) is 8.78 Å². The number of nitrogens with zero attached hydrogens (tertiary/aromatic N) is 2. The van der Waals surface area contributed by atoms with Crippen LogP contribution in [-0.2, 0) is 16.1 Å². The maximum atomic E-state index is 14.2. The number of benzene rings is 2. The van der Waals surface area contributed by atoms with Gasteiger partial charge in [-0.15, -0.1) is 6.58 Å². The lowest BCUT2D eigenvalue weighted by molar-refractivity contribution is 0.00309. The maximum absolute atomic E-state index is 14.2. The average molecular weight is 430 g/mol. The van der Waals surface area contributed by atoms with E-state index in [0.717, 1.165) is 22.9 Å². The number of aryl methyl sites for hydroxylation is 1. The molecule has 3 rings (SSSR count). The van der Waals surface area contributed by atoms with Gasteiger partial charge in [0.2, 0.25) is 0 Å². The zero-order valence-corrected chi connectivity index (χ0v) is 17.6. The first-order valence-electron chi connectivity index (χ1n) is 10.3. The fourth-order valence-electron chi connectivity index (χ4n) is 3.60. The summed E-state index contributed by atoms with van der Waals surface area (Å²) in [5, 5.41) is 14.6. The standard InChI is InChI=1S/C24H28F2N2O3/c1-3-10-30-16-20(29)14-28(13-18-8-9-19(25)11-23(18)26)15-21-12-24(27-31-21)22-7-5-4-6-17(22)2/h3-9,11,20-21,29H,1,10,12-16H2,2H3. The van der Waals surface area contributed by atoms with Gasteiger partial charge in [-0.3, -0.25) is 4.90 Å². The Kier molecular flexibility index (Phi) is 8.28. The highest BCUT2D eigenvalue weighted by molar-refractivity contribution is 6.02. The van der Waals surface area contributed by atoms with Gasteiger partial charge < -0.3 is 14.7 Å². The Morgan fingerprint density at radius 3 is 2.87 bits per heavy atom. The average Bonchev–Trinajstić information content (AvgIpc) is 3.18. The molecule has 1 heterocycles. The van der Waals surface area contributed by atoms with E-state index in [1.165, 1.54) is 12.1 Å². The van der Waals surface area contributed by atoms with E-state index < -0.39 is 17.7 Å². The summed E-state index contributed by atoms with van der Waals surface area (Å²) in [5.74, 6) is -1.24. The lowest BCUT2D eigenvalue weighted by Gasteiger charge is -2.27. The van der Waals surface area contributed by atoms with Crippen LogP contribution in [0.1, 0.15) is 23.1 Å². The monoisotopic (exact) mass is 430 g/mol. The van der Waals surface area contributed by atoms with Crippen molar-refractivity contribution in [3.05, 3.63) is 83.4 Å². The summed E-state index contributed by atoms with van der Waals surface area (Å²) in [6, 6.07) is 11.5. The van der Waals surface area contributed by atoms with E-state index in [-0.39, 0.29) is 25.8 Å². The second-order valence-corrected chi connectivity index (χ2v) is 7.69. The van der Waals surface area contributed by atoms with Gasteiger partial charge in [0.1, 0.15) is 17.7 Å². The van der Waals surface area contributed by atoms with Crippen molar-refractivity contribution in [2.45, 2.75) is 32.1 Å². The minimum Gasteiger partial charge on any atom is -0.390 e. The van der Waals surface area contributed by atoms with Crippen molar-refractivity contribution >= 4 is 5.71 Å². The Bertz CT molecular complexity index is 919. The molecule has 1 N–H and O–H groups in total. The first-order valence-corrected chi connectivity index (χ1v) is 10.3. The number of aliphatic hydroxyl groups is 1. The third-order valence-electron chi connectivity index (χ3n) is 5.07. The van der Waals surface area contributed by atoms with Crippen molar-refractivity contribution in [2.24, 2.45) is 5.16 Å². The number of hydrogen-bond acceptors (Lipinski definition) is 5. The van der Waals surface area contributed by atoms with Crippen LogP contribution in [0.4, 0.5) is 8.78 Å². The van der Waals surface area contributed by atoms with Crippen molar-refractivity contribution in [2.75, 3.05) is 26.3 Å². The molecule has 166 valence electrons. The van der Waals surface area contributed by atoms with Crippen molar-refractivity contribution in [3.8, 4) is 0 Å². The number of aliphatic hydroxyl groups excluding tert-OH is 1. The summed E-state index contributed by atoms with van der Waals surface area (Å²) in [6.07, 6.45) is 1.20. The van der Waals surface area contributed by atoms with Crippen LogP contribution in [-0.4, -0.2) is 54.2 Å². The predicted octanol–water partition coefficient (Wildman–Crippen LogP) is 3.83. The molecule has 1 aliphatic rings. The molecule has 0 radical (unpaired) electrons. The minimum absolute atomic E-state index is 0.130. The van der Waals surface area contributed by atoms with Crippen LogP contribution in [0.5, 0.6) is 0 Å². The van der Waals surface area contributed by atoms with Gasteiger partial charge in [0.15, 0.2) is 0 Å². The fourth-order valence-corrected chi connectivity index (χ4v) is 3.60. The normalized spacial score (nSPS) is 16.8. The van der Waals surface area contributed by atoms with E-state index in [1.807, 2.05) is 36.1 Å². The highest BCUT2D eigenvalue weighted by Crippen LogP contribution is 2.21. The van der Waals surface area contributed by atoms with Gasteiger partial charge in [-0.1, -0.05) is 41.6 Å². The van der Waals surface area contributed by atoms with Crippen LogP contribution in [0, 0.1) is 18.6 Å². The van der Waals surface area contributed by atoms with Crippen LogP contribution < -0.4 is 0 Å². The molecule has 2 atom stereocenters. The molecule has 1 aliphatic heterocycles. The topological polar surface area (TPSA) is 54.3 Å². The van der Waals surface area contributed by atoms with Crippen LogP contribution in [0.15, 0.2) is 60.3 Å². The Labute approximate surface area is 181 Å². The van der Waals surface area contributed by atoms with Gasteiger partial charge in [-0.2, -0.15) is 0 Å². The van der Waals surface area contributed by atoms with Gasteiger partial charge in [0.05, 0.1) is 25.0 Å². The van der Waals surface area contributed by atoms with Crippen LogP contribution in [0.25, 0.3) is 0 Å². The van der Waals surface area contributed by atoms with Crippen LogP contribution >= 0.6 is 0 Å². The van der Waals surface area contributed by atoms with Crippen molar-refractivity contribution < 1.29 is 23.5 Å². The molecule has 0 amide bonds. The molecule has 7 heteroatoms. The fraction of sp³-hybridized carbons (Fsp3) is 0.375. The molecule has 0 bridgehead atoms. The van der Waals surface area contributed by atoms with Gasteiger partial charge in [0, 0.05) is 43.2 Å². The summed E-state index contributed by atoms with van der Waals surface area (Å²) >= 11 is 0. The smallest absolute Gasteiger partial charge is 0.145 e. The summed E-state index contributed by atoms with van der Waals surface area (Å²) in [7, 11) is 0. The van der Waals surface area contributed by atoms with E-state index in [1.54, 1.807) is 6.08 Å². The van der Waals surface area contributed by atoms with E-state index in [0.29, 0.717) is 25.1 Å². The van der Waals surface area contributed by atoms with Crippen LogP contribution in [0.3, 0.4) is 0 Å². The zero-order valence-electron chi connectivity index (χ0n) is 17.6. The third-order valence-corrected chi connectivity index (χ3v) is 5.07. The number of halogens is 2. The third kappa shape index (κ3) is 6.69. The summed E-state index contributed by atoms with van der Waals surface area (Å²) < 4.78 is 32.8. The molecule has 0 fully saturated rings. The Morgan fingerprint density at radius 1 is 1.32 bits per heavy atom. The molecular weight excluding hydrogens is 402 g/mol. The molecule has 2 unspecified atom stereocenters. The first-order chi connectivity index (χ1) is 15.0. The highest BCUT2D eigenvalue weighted by atomic mass is 19.1. The van der Waals surface area contributed by atoms with Crippen molar-refractivity contribution in [1.82, 2.24) is 4.90 Å². The molecule has 0 saturated carbocycles. The molecule has 31 heavy (non-hydrogen) atoms. The molecule has 0 aromatic heterocycles. The molecule has 0 saturated heterocycles. The molecule has 5 nitrogen and oxygen atoms in total. The first kappa shape index (κ1) is 23.1. The zero-order chi connectivity index (χ0) is 22.2. The molecule has 2 aromatic carbocycles. The predicted molar refractivity (Wildman–Crippen MR) is 116 cm³/mol. The van der Waals surface area contributed by atoms with E-state index >= 15 is 0 Å². The quantitative estimate of drug-likeness (QED) is 0.435. The number of oxime groups is 1. The highest BCUT2D eigenvalue weighted by Gasteiger charge is 2.26. The Hall–Kier alpha value is -2.61. The molecule has 0 aliphatic carbocycles. The summed E-state index contributed by atoms with van der Waals surface area (Å²) in [6.45, 7) is 6.93. The Balaban J connectivity index is 1.66. The number of ether oxygens (including phenoxy) is 1. The SMILES string of the molecule is C=CCOCC(O)CN(Cc1ccc(F)cc1F)CC1CC(c2ccccc2C)=NO1. The molecule has 0 spiro atoms.